The maximum Gasteiger partial charge on any atom is 0.416 e. The van der Waals surface area contributed by atoms with Crippen molar-refractivity contribution in [2.75, 3.05) is 17.2 Å². The quantitative estimate of drug-likeness (QED) is 0.772. The van der Waals surface area contributed by atoms with Gasteiger partial charge in [-0.2, -0.15) is 13.2 Å². The van der Waals surface area contributed by atoms with E-state index in [0.29, 0.717) is 29.6 Å². The predicted molar refractivity (Wildman–Crippen MR) is 103 cm³/mol. The van der Waals surface area contributed by atoms with E-state index in [-0.39, 0.29) is 23.0 Å². The number of amidine groups is 1. The number of aryl methyl sites for hydroxylation is 1. The zero-order valence-corrected chi connectivity index (χ0v) is 16.4. The highest BCUT2D eigenvalue weighted by Gasteiger charge is 2.42. The molecule has 1 aromatic heterocycles. The molecule has 1 aromatic carbocycles. The van der Waals surface area contributed by atoms with Crippen LogP contribution in [0.1, 0.15) is 48.0 Å². The van der Waals surface area contributed by atoms with E-state index in [1.807, 2.05) is 20.8 Å². The number of fused-ring (bicyclic) bond motifs is 3. The molecule has 154 valence electrons. The Labute approximate surface area is 165 Å². The molecular weight excluding hydrogens is 385 g/mol. The van der Waals surface area contributed by atoms with Gasteiger partial charge in [-0.05, 0) is 45.9 Å². The summed E-state index contributed by atoms with van der Waals surface area (Å²) < 4.78 is 44.7. The number of benzene rings is 1. The normalized spacial score (nSPS) is 19.9. The Morgan fingerprint density at radius 1 is 1.38 bits per heavy atom. The third-order valence-electron chi connectivity index (χ3n) is 5.03. The zero-order chi connectivity index (χ0) is 21.1. The van der Waals surface area contributed by atoms with Crippen molar-refractivity contribution in [2.45, 2.75) is 45.6 Å². The molecule has 0 spiro atoms. The summed E-state index contributed by atoms with van der Waals surface area (Å²) in [6, 6.07) is 4.53. The number of aliphatic imine (C=N–C) groups is 1. The Hall–Kier alpha value is -2.97. The Kier molecular flexibility index (Phi) is 4.18. The fourth-order valence-electron chi connectivity index (χ4n) is 3.77. The summed E-state index contributed by atoms with van der Waals surface area (Å²) >= 11 is 0. The first-order valence-corrected chi connectivity index (χ1v) is 9.22. The van der Waals surface area contributed by atoms with E-state index in [4.69, 9.17) is 9.41 Å². The summed E-state index contributed by atoms with van der Waals surface area (Å²) in [5.74, 6) is 0.920. The summed E-state index contributed by atoms with van der Waals surface area (Å²) in [4.78, 5) is 19.8. The van der Waals surface area contributed by atoms with Gasteiger partial charge >= 0.3 is 6.18 Å². The molecule has 1 amide bonds. The van der Waals surface area contributed by atoms with Gasteiger partial charge in [-0.15, -0.1) is 0 Å². The summed E-state index contributed by atoms with van der Waals surface area (Å²) in [6.07, 6.45) is -4.55. The predicted octanol–water partition coefficient (Wildman–Crippen LogP) is 4.47. The van der Waals surface area contributed by atoms with E-state index < -0.39 is 17.6 Å². The van der Waals surface area contributed by atoms with Gasteiger partial charge in [0.2, 0.25) is 5.88 Å². The van der Waals surface area contributed by atoms with Crippen LogP contribution in [-0.2, 0) is 6.18 Å². The minimum absolute atomic E-state index is 0.0573. The van der Waals surface area contributed by atoms with Crippen LogP contribution in [0.3, 0.4) is 0 Å². The highest BCUT2D eigenvalue weighted by Crippen LogP contribution is 2.38. The van der Waals surface area contributed by atoms with Crippen LogP contribution < -0.4 is 10.6 Å². The van der Waals surface area contributed by atoms with Gasteiger partial charge in [0.05, 0.1) is 22.2 Å². The Balaban J connectivity index is 1.72. The summed E-state index contributed by atoms with van der Waals surface area (Å²) in [7, 11) is 0. The van der Waals surface area contributed by atoms with E-state index in [1.165, 1.54) is 12.1 Å². The molecule has 2 N–H and O–H groups in total. The SMILES string of the molecule is Cc1oc2c(c1C(=O)Nc1cccc(C(F)(F)F)c1)C1=NC(C)(C)CN1C(C)N2. The molecule has 0 aliphatic carbocycles. The fourth-order valence-corrected chi connectivity index (χ4v) is 3.77. The molecule has 1 atom stereocenters. The topological polar surface area (TPSA) is 69.9 Å². The third kappa shape index (κ3) is 3.34. The maximum atomic E-state index is 13.0. The zero-order valence-electron chi connectivity index (χ0n) is 16.4. The molecule has 6 nitrogen and oxygen atoms in total. The number of anilines is 2. The molecule has 29 heavy (non-hydrogen) atoms. The largest absolute Gasteiger partial charge is 0.444 e. The lowest BCUT2D eigenvalue weighted by molar-refractivity contribution is -0.137. The van der Waals surface area contributed by atoms with Crippen LogP contribution in [0.2, 0.25) is 0 Å². The molecule has 3 heterocycles. The van der Waals surface area contributed by atoms with Gasteiger partial charge in [-0.1, -0.05) is 6.07 Å². The van der Waals surface area contributed by atoms with E-state index >= 15 is 0 Å². The Bertz CT molecular complexity index is 1020. The standard InChI is InChI=1S/C20H21F3N4O2/c1-10-14(17(28)25-13-7-5-6-12(8-13)20(21,22)23)15-16-26-19(3,4)9-27(16)11(2)24-18(15)29-10/h5-8,11,24H,9H2,1-4H3,(H,25,28). The molecule has 0 bridgehead atoms. The molecule has 1 unspecified atom stereocenters. The molecular formula is C20H21F3N4O2. The lowest BCUT2D eigenvalue weighted by Crippen LogP contribution is -2.47. The number of hydrogen-bond donors (Lipinski definition) is 2. The van der Waals surface area contributed by atoms with Crippen molar-refractivity contribution >= 4 is 23.3 Å². The number of carbonyl (C=O) groups is 1. The second kappa shape index (κ2) is 6.27. The first-order chi connectivity index (χ1) is 13.5. The molecule has 2 aliphatic rings. The van der Waals surface area contributed by atoms with Crippen molar-refractivity contribution < 1.29 is 22.4 Å². The van der Waals surface area contributed by atoms with Crippen LogP contribution in [0, 0.1) is 6.92 Å². The van der Waals surface area contributed by atoms with Gasteiger partial charge in [0.1, 0.15) is 17.8 Å². The molecule has 9 heteroatoms. The van der Waals surface area contributed by atoms with Gasteiger partial charge in [0.15, 0.2) is 0 Å². The average molecular weight is 406 g/mol. The fraction of sp³-hybridized carbons (Fsp3) is 0.400. The van der Waals surface area contributed by atoms with E-state index in [1.54, 1.807) is 6.92 Å². The highest BCUT2D eigenvalue weighted by atomic mass is 19.4. The van der Waals surface area contributed by atoms with Crippen molar-refractivity contribution in [2.24, 2.45) is 4.99 Å². The molecule has 0 saturated heterocycles. The van der Waals surface area contributed by atoms with Crippen molar-refractivity contribution in [1.29, 1.82) is 0 Å². The van der Waals surface area contributed by atoms with Crippen LogP contribution >= 0.6 is 0 Å². The Morgan fingerprint density at radius 3 is 2.79 bits per heavy atom. The highest BCUT2D eigenvalue weighted by molar-refractivity contribution is 6.17. The number of nitrogens with zero attached hydrogens (tertiary/aromatic N) is 2. The van der Waals surface area contributed by atoms with Crippen molar-refractivity contribution in [1.82, 2.24) is 4.90 Å². The maximum absolute atomic E-state index is 13.0. The van der Waals surface area contributed by atoms with Crippen LogP contribution in [0.15, 0.2) is 33.7 Å². The lowest BCUT2D eigenvalue weighted by atomic mass is 10.1. The second-order valence-corrected chi connectivity index (χ2v) is 7.97. The summed E-state index contributed by atoms with van der Waals surface area (Å²) in [6.45, 7) is 8.30. The molecule has 0 saturated carbocycles. The average Bonchev–Trinajstić information content (AvgIpc) is 3.10. The van der Waals surface area contributed by atoms with Crippen LogP contribution in [-0.4, -0.2) is 34.9 Å². The smallest absolute Gasteiger partial charge is 0.416 e. The molecule has 0 fully saturated rings. The summed E-state index contributed by atoms with van der Waals surface area (Å²) in [5.41, 5.74) is -0.298. The number of carbonyl (C=O) groups excluding carboxylic acids is 1. The van der Waals surface area contributed by atoms with Crippen molar-refractivity contribution in [3.63, 3.8) is 0 Å². The van der Waals surface area contributed by atoms with Gasteiger partial charge in [0, 0.05) is 12.2 Å². The van der Waals surface area contributed by atoms with Crippen LogP contribution in [0.25, 0.3) is 0 Å². The number of amides is 1. The lowest BCUT2D eigenvalue weighted by Gasteiger charge is -2.33. The minimum Gasteiger partial charge on any atom is -0.444 e. The molecule has 2 aromatic rings. The van der Waals surface area contributed by atoms with Gasteiger partial charge in [-0.3, -0.25) is 9.79 Å². The number of halogens is 3. The number of furan rings is 1. The number of rotatable bonds is 2. The summed E-state index contributed by atoms with van der Waals surface area (Å²) in [5, 5.41) is 5.79. The van der Waals surface area contributed by atoms with Crippen molar-refractivity contribution in [3.8, 4) is 0 Å². The molecule has 4 rings (SSSR count). The Morgan fingerprint density at radius 2 is 2.10 bits per heavy atom. The monoisotopic (exact) mass is 406 g/mol. The van der Waals surface area contributed by atoms with Gasteiger partial charge in [0.25, 0.3) is 5.91 Å². The molecule has 0 radical (unpaired) electrons. The van der Waals surface area contributed by atoms with Crippen molar-refractivity contribution in [3.05, 3.63) is 46.7 Å². The minimum atomic E-state index is -4.49. The third-order valence-corrected chi connectivity index (χ3v) is 5.03. The number of alkyl halides is 3. The van der Waals surface area contributed by atoms with Gasteiger partial charge in [-0.25, -0.2) is 0 Å². The second-order valence-electron chi connectivity index (χ2n) is 7.97. The van der Waals surface area contributed by atoms with E-state index in [2.05, 4.69) is 15.5 Å². The van der Waals surface area contributed by atoms with Crippen LogP contribution in [0.5, 0.6) is 0 Å². The number of hydrogen-bond acceptors (Lipinski definition) is 5. The first-order valence-electron chi connectivity index (χ1n) is 9.22. The van der Waals surface area contributed by atoms with E-state index in [9.17, 15) is 18.0 Å². The number of nitrogens with one attached hydrogen (secondary N) is 2. The first kappa shape index (κ1) is 19.4. The molecule has 2 aliphatic heterocycles. The van der Waals surface area contributed by atoms with Gasteiger partial charge < -0.3 is 20.0 Å². The van der Waals surface area contributed by atoms with E-state index in [0.717, 1.165) is 12.1 Å². The van der Waals surface area contributed by atoms with Crippen LogP contribution in [0.4, 0.5) is 24.7 Å².